The average Bonchev–Trinajstić information content (AvgIpc) is 3.03. The van der Waals surface area contributed by atoms with Gasteiger partial charge >= 0.3 is 0 Å². The Kier molecular flexibility index (Phi) is 3.80. The predicted octanol–water partition coefficient (Wildman–Crippen LogP) is 3.74. The Labute approximate surface area is 120 Å². The topological polar surface area (TPSA) is 27.0 Å². The zero-order valence-corrected chi connectivity index (χ0v) is 11.5. The number of nitriles is 1. The van der Waals surface area contributed by atoms with Crippen LogP contribution >= 0.6 is 0 Å². The molecule has 2 heteroatoms. The molecule has 0 bridgehead atoms. The molecule has 2 nitrogen and oxygen atoms in total. The van der Waals surface area contributed by atoms with Crippen LogP contribution in [0.3, 0.4) is 0 Å². The quantitative estimate of drug-likeness (QED) is 0.842. The standard InChI is InChI=1S/C18H18N2/c19-14-15-8-10-17(11-9-15)18(20-12-4-5-13-20)16-6-2-1-3-7-16/h1-3,6-11,18H,4-5,12-13H2. The fraction of sp³-hybridized carbons (Fsp3) is 0.278. The molecule has 3 rings (SSSR count). The van der Waals surface area contributed by atoms with Crippen molar-refractivity contribution in [2.45, 2.75) is 18.9 Å². The van der Waals surface area contributed by atoms with Gasteiger partial charge in [0.15, 0.2) is 0 Å². The smallest absolute Gasteiger partial charge is 0.0991 e. The second kappa shape index (κ2) is 5.90. The van der Waals surface area contributed by atoms with Crippen molar-refractivity contribution in [2.24, 2.45) is 0 Å². The van der Waals surface area contributed by atoms with Crippen molar-refractivity contribution < 1.29 is 0 Å². The monoisotopic (exact) mass is 262 g/mol. The summed E-state index contributed by atoms with van der Waals surface area (Å²) >= 11 is 0. The highest BCUT2D eigenvalue weighted by Gasteiger charge is 2.24. The SMILES string of the molecule is N#Cc1ccc(C(c2ccccc2)N2CCCC2)cc1. The van der Waals surface area contributed by atoms with Crippen molar-refractivity contribution in [1.29, 1.82) is 5.26 Å². The molecule has 1 aliphatic rings. The van der Waals surface area contributed by atoms with Crippen LogP contribution in [-0.2, 0) is 0 Å². The zero-order chi connectivity index (χ0) is 13.8. The highest BCUT2D eigenvalue weighted by atomic mass is 15.2. The summed E-state index contributed by atoms with van der Waals surface area (Å²) in [5.74, 6) is 0. The lowest BCUT2D eigenvalue weighted by Gasteiger charge is -2.28. The number of hydrogen-bond acceptors (Lipinski definition) is 2. The van der Waals surface area contributed by atoms with E-state index in [1.165, 1.54) is 24.0 Å². The molecular weight excluding hydrogens is 244 g/mol. The van der Waals surface area contributed by atoms with Crippen LogP contribution in [0.5, 0.6) is 0 Å². The van der Waals surface area contributed by atoms with Crippen molar-refractivity contribution in [3.63, 3.8) is 0 Å². The van der Waals surface area contributed by atoms with E-state index < -0.39 is 0 Å². The fourth-order valence-corrected chi connectivity index (χ4v) is 2.99. The van der Waals surface area contributed by atoms with E-state index in [4.69, 9.17) is 5.26 Å². The molecular formula is C18H18N2. The molecule has 0 aliphatic carbocycles. The summed E-state index contributed by atoms with van der Waals surface area (Å²) in [6.45, 7) is 2.30. The van der Waals surface area contributed by atoms with Crippen LogP contribution in [0, 0.1) is 11.3 Å². The molecule has 0 saturated carbocycles. The maximum atomic E-state index is 8.94. The number of likely N-dealkylation sites (tertiary alicyclic amines) is 1. The minimum Gasteiger partial charge on any atom is -0.292 e. The summed E-state index contributed by atoms with van der Waals surface area (Å²) in [5.41, 5.74) is 3.33. The molecule has 1 atom stereocenters. The van der Waals surface area contributed by atoms with Crippen LogP contribution in [0.1, 0.15) is 35.6 Å². The van der Waals surface area contributed by atoms with Crippen molar-refractivity contribution in [2.75, 3.05) is 13.1 Å². The van der Waals surface area contributed by atoms with Crippen molar-refractivity contribution in [1.82, 2.24) is 4.90 Å². The summed E-state index contributed by atoms with van der Waals surface area (Å²) in [7, 11) is 0. The van der Waals surface area contributed by atoms with Gasteiger partial charge in [0.25, 0.3) is 0 Å². The molecule has 100 valence electrons. The van der Waals surface area contributed by atoms with Gasteiger partial charge in [0.2, 0.25) is 0 Å². The largest absolute Gasteiger partial charge is 0.292 e. The molecule has 0 aromatic heterocycles. The van der Waals surface area contributed by atoms with Gasteiger partial charge < -0.3 is 0 Å². The van der Waals surface area contributed by atoms with E-state index in [-0.39, 0.29) is 0 Å². The van der Waals surface area contributed by atoms with E-state index in [1.54, 1.807) is 0 Å². The number of rotatable bonds is 3. The Morgan fingerprint density at radius 1 is 0.850 bits per heavy atom. The Balaban J connectivity index is 1.98. The van der Waals surface area contributed by atoms with E-state index in [1.807, 2.05) is 12.1 Å². The van der Waals surface area contributed by atoms with E-state index in [0.717, 1.165) is 18.7 Å². The van der Waals surface area contributed by atoms with Crippen LogP contribution in [0.15, 0.2) is 54.6 Å². The molecule has 0 N–H and O–H groups in total. The van der Waals surface area contributed by atoms with E-state index in [9.17, 15) is 0 Å². The molecule has 1 heterocycles. The molecule has 1 fully saturated rings. The minimum atomic E-state index is 0.312. The van der Waals surface area contributed by atoms with Crippen LogP contribution in [0.25, 0.3) is 0 Å². The van der Waals surface area contributed by atoms with Crippen molar-refractivity contribution in [3.8, 4) is 6.07 Å². The summed E-state index contributed by atoms with van der Waals surface area (Å²) in [5, 5.41) is 8.94. The van der Waals surface area contributed by atoms with E-state index in [2.05, 4.69) is 53.4 Å². The molecule has 1 unspecified atom stereocenters. The molecule has 1 aliphatic heterocycles. The third kappa shape index (κ3) is 2.59. The van der Waals surface area contributed by atoms with Gasteiger partial charge in [0.1, 0.15) is 0 Å². The lowest BCUT2D eigenvalue weighted by molar-refractivity contribution is 0.281. The lowest BCUT2D eigenvalue weighted by atomic mass is 9.96. The fourth-order valence-electron chi connectivity index (χ4n) is 2.99. The highest BCUT2D eigenvalue weighted by Crippen LogP contribution is 2.31. The zero-order valence-electron chi connectivity index (χ0n) is 11.5. The molecule has 0 spiro atoms. The molecule has 0 radical (unpaired) electrons. The molecule has 20 heavy (non-hydrogen) atoms. The third-order valence-electron chi connectivity index (χ3n) is 3.98. The molecule has 0 amide bonds. The second-order valence-corrected chi connectivity index (χ2v) is 5.29. The van der Waals surface area contributed by atoms with Gasteiger partial charge in [-0.25, -0.2) is 0 Å². The molecule has 1 saturated heterocycles. The summed E-state index contributed by atoms with van der Waals surface area (Å²) in [6.07, 6.45) is 2.55. The average molecular weight is 262 g/mol. The Hall–Kier alpha value is -2.11. The minimum absolute atomic E-state index is 0.312. The first-order valence-electron chi connectivity index (χ1n) is 7.17. The van der Waals surface area contributed by atoms with Crippen LogP contribution in [0.2, 0.25) is 0 Å². The summed E-state index contributed by atoms with van der Waals surface area (Å²) < 4.78 is 0. The number of nitrogens with zero attached hydrogens (tertiary/aromatic N) is 2. The van der Waals surface area contributed by atoms with Gasteiger partial charge in [-0.3, -0.25) is 4.90 Å². The Bertz CT molecular complexity index is 590. The van der Waals surface area contributed by atoms with E-state index in [0.29, 0.717) is 6.04 Å². The third-order valence-corrected chi connectivity index (χ3v) is 3.98. The first kappa shape index (κ1) is 12.9. The number of benzene rings is 2. The van der Waals surface area contributed by atoms with Crippen LogP contribution < -0.4 is 0 Å². The van der Waals surface area contributed by atoms with Gasteiger partial charge in [-0.1, -0.05) is 42.5 Å². The van der Waals surface area contributed by atoms with Crippen LogP contribution in [0.4, 0.5) is 0 Å². The van der Waals surface area contributed by atoms with Gasteiger partial charge in [-0.15, -0.1) is 0 Å². The van der Waals surface area contributed by atoms with Gasteiger partial charge in [-0.05, 0) is 49.2 Å². The van der Waals surface area contributed by atoms with Gasteiger partial charge in [-0.2, -0.15) is 5.26 Å². The lowest BCUT2D eigenvalue weighted by Crippen LogP contribution is -2.26. The summed E-state index contributed by atoms with van der Waals surface area (Å²) in [4.78, 5) is 2.54. The maximum absolute atomic E-state index is 8.94. The Morgan fingerprint density at radius 3 is 2.05 bits per heavy atom. The maximum Gasteiger partial charge on any atom is 0.0991 e. The number of hydrogen-bond donors (Lipinski definition) is 0. The summed E-state index contributed by atoms with van der Waals surface area (Å²) in [6, 6.07) is 21.2. The predicted molar refractivity (Wildman–Crippen MR) is 80.2 cm³/mol. The van der Waals surface area contributed by atoms with Gasteiger partial charge in [0, 0.05) is 0 Å². The highest BCUT2D eigenvalue weighted by molar-refractivity contribution is 5.37. The van der Waals surface area contributed by atoms with Crippen molar-refractivity contribution in [3.05, 3.63) is 71.3 Å². The van der Waals surface area contributed by atoms with Crippen LogP contribution in [-0.4, -0.2) is 18.0 Å². The normalized spacial score (nSPS) is 16.8. The van der Waals surface area contributed by atoms with E-state index >= 15 is 0 Å². The molecule has 2 aromatic carbocycles. The Morgan fingerprint density at radius 2 is 1.45 bits per heavy atom. The first-order chi connectivity index (χ1) is 9.88. The second-order valence-electron chi connectivity index (χ2n) is 5.29. The van der Waals surface area contributed by atoms with Crippen molar-refractivity contribution >= 4 is 0 Å². The first-order valence-corrected chi connectivity index (χ1v) is 7.17. The van der Waals surface area contributed by atoms with Gasteiger partial charge in [0.05, 0.1) is 17.7 Å². The molecule has 2 aromatic rings.